The van der Waals surface area contributed by atoms with Gasteiger partial charge in [-0.2, -0.15) is 0 Å². The Bertz CT molecular complexity index is 575. The fourth-order valence-corrected chi connectivity index (χ4v) is 4.10. The van der Waals surface area contributed by atoms with Crippen LogP contribution in [0.1, 0.15) is 6.92 Å². The van der Waals surface area contributed by atoms with E-state index in [1.807, 2.05) is 0 Å². The quantitative estimate of drug-likeness (QED) is 0.842. The van der Waals surface area contributed by atoms with E-state index >= 15 is 0 Å². The standard InChI is InChI=1S/C14H15O4P/c1-2-18-19(17,13-9-5-3-7-11(13)15)14-10-6-4-8-12(14)16/h3-10,15-16H,2H2,1H3. The molecule has 2 N–H and O–H groups in total. The van der Waals surface area contributed by atoms with Gasteiger partial charge in [-0.3, -0.25) is 4.57 Å². The minimum atomic E-state index is -3.50. The van der Waals surface area contributed by atoms with Crippen molar-refractivity contribution in [1.82, 2.24) is 0 Å². The largest absolute Gasteiger partial charge is 0.507 e. The molecule has 0 aliphatic rings. The van der Waals surface area contributed by atoms with Gasteiger partial charge in [0, 0.05) is 0 Å². The van der Waals surface area contributed by atoms with Crippen LogP contribution in [-0.2, 0) is 9.09 Å². The minimum Gasteiger partial charge on any atom is -0.507 e. The van der Waals surface area contributed by atoms with Crippen LogP contribution >= 0.6 is 7.37 Å². The Kier molecular flexibility index (Phi) is 3.93. The summed E-state index contributed by atoms with van der Waals surface area (Å²) in [5.41, 5.74) is 0. The molecule has 0 bridgehead atoms. The maximum Gasteiger partial charge on any atom is 0.268 e. The van der Waals surface area contributed by atoms with Crippen LogP contribution in [-0.4, -0.2) is 16.8 Å². The van der Waals surface area contributed by atoms with Crippen LogP contribution in [0.5, 0.6) is 11.5 Å². The molecule has 0 saturated carbocycles. The number of rotatable bonds is 4. The Balaban J connectivity index is 2.66. The van der Waals surface area contributed by atoms with E-state index in [0.717, 1.165) is 0 Å². The van der Waals surface area contributed by atoms with Gasteiger partial charge < -0.3 is 14.7 Å². The van der Waals surface area contributed by atoms with Gasteiger partial charge in [0.1, 0.15) is 11.5 Å². The molecule has 0 unspecified atom stereocenters. The van der Waals surface area contributed by atoms with E-state index < -0.39 is 7.37 Å². The smallest absolute Gasteiger partial charge is 0.268 e. The normalized spacial score (nSPS) is 11.4. The maximum absolute atomic E-state index is 13.1. The molecule has 19 heavy (non-hydrogen) atoms. The molecule has 2 aromatic rings. The summed E-state index contributed by atoms with van der Waals surface area (Å²) in [6, 6.07) is 12.6. The lowest BCUT2D eigenvalue weighted by atomic mass is 10.3. The molecule has 0 spiro atoms. The highest BCUT2D eigenvalue weighted by molar-refractivity contribution is 7.74. The monoisotopic (exact) mass is 278 g/mol. The molecule has 0 radical (unpaired) electrons. The third kappa shape index (κ3) is 2.50. The lowest BCUT2D eigenvalue weighted by molar-refractivity contribution is 0.346. The lowest BCUT2D eigenvalue weighted by Crippen LogP contribution is -2.19. The molecule has 0 atom stereocenters. The Hall–Kier alpha value is -1.77. The van der Waals surface area contributed by atoms with Gasteiger partial charge >= 0.3 is 0 Å². The van der Waals surface area contributed by atoms with Crippen LogP contribution in [0.25, 0.3) is 0 Å². The number of aromatic hydroxyl groups is 2. The summed E-state index contributed by atoms with van der Waals surface area (Å²) in [5.74, 6) is -0.218. The van der Waals surface area contributed by atoms with Gasteiger partial charge in [0.2, 0.25) is 0 Å². The second-order valence-electron chi connectivity index (χ2n) is 3.95. The molecule has 0 aromatic heterocycles. The van der Waals surface area contributed by atoms with E-state index in [2.05, 4.69) is 0 Å². The molecule has 2 aromatic carbocycles. The van der Waals surface area contributed by atoms with Gasteiger partial charge in [0.05, 0.1) is 17.2 Å². The molecule has 2 rings (SSSR count). The fraction of sp³-hybridized carbons (Fsp3) is 0.143. The van der Waals surface area contributed by atoms with Gasteiger partial charge in [-0.1, -0.05) is 24.3 Å². The summed E-state index contributed by atoms with van der Waals surface area (Å²) in [5, 5.41) is 20.2. The molecular weight excluding hydrogens is 263 g/mol. The van der Waals surface area contributed by atoms with Crippen LogP contribution in [0.4, 0.5) is 0 Å². The Morgan fingerprint density at radius 3 is 1.74 bits per heavy atom. The zero-order chi connectivity index (χ0) is 13.9. The fourth-order valence-electron chi connectivity index (χ4n) is 1.88. The van der Waals surface area contributed by atoms with E-state index in [0.29, 0.717) is 0 Å². The lowest BCUT2D eigenvalue weighted by Gasteiger charge is -2.20. The summed E-state index contributed by atoms with van der Waals surface area (Å²) < 4.78 is 18.5. The topological polar surface area (TPSA) is 66.8 Å². The molecule has 0 aliphatic carbocycles. The number of para-hydroxylation sites is 2. The molecular formula is C14H15O4P. The first-order valence-corrected chi connectivity index (χ1v) is 7.53. The average molecular weight is 278 g/mol. The van der Waals surface area contributed by atoms with Gasteiger partial charge in [-0.25, -0.2) is 0 Å². The van der Waals surface area contributed by atoms with E-state index in [1.54, 1.807) is 31.2 Å². The van der Waals surface area contributed by atoms with Crippen molar-refractivity contribution in [3.63, 3.8) is 0 Å². The number of phenolic OH excluding ortho intramolecular Hbond substituents is 2. The second-order valence-corrected chi connectivity index (χ2v) is 6.27. The van der Waals surface area contributed by atoms with Crippen molar-refractivity contribution < 1.29 is 19.3 Å². The summed E-state index contributed by atoms with van der Waals surface area (Å²) >= 11 is 0. The number of hydrogen-bond donors (Lipinski definition) is 2. The number of phenols is 2. The highest BCUT2D eigenvalue weighted by Gasteiger charge is 2.33. The molecule has 0 aliphatic heterocycles. The van der Waals surface area contributed by atoms with Crippen molar-refractivity contribution in [3.8, 4) is 11.5 Å². The molecule has 0 amide bonds. The first-order valence-electron chi connectivity index (χ1n) is 5.91. The van der Waals surface area contributed by atoms with Gasteiger partial charge in [0.25, 0.3) is 7.37 Å². The predicted octanol–water partition coefficient (Wildman–Crippen LogP) is 2.36. The maximum atomic E-state index is 13.1. The molecule has 0 heterocycles. The van der Waals surface area contributed by atoms with Crippen LogP contribution in [0.2, 0.25) is 0 Å². The predicted molar refractivity (Wildman–Crippen MR) is 74.7 cm³/mol. The molecule has 5 heteroatoms. The van der Waals surface area contributed by atoms with Crippen LogP contribution in [0.3, 0.4) is 0 Å². The Labute approximate surface area is 111 Å². The highest BCUT2D eigenvalue weighted by Crippen LogP contribution is 2.48. The number of benzene rings is 2. The van der Waals surface area contributed by atoms with Gasteiger partial charge in [0.15, 0.2) is 0 Å². The van der Waals surface area contributed by atoms with Crippen molar-refractivity contribution >= 4 is 18.0 Å². The third-order valence-corrected chi connectivity index (χ3v) is 5.36. The SMILES string of the molecule is CCOP(=O)(c1ccccc1O)c1ccccc1O. The van der Waals surface area contributed by atoms with Crippen LogP contribution in [0.15, 0.2) is 48.5 Å². The van der Waals surface area contributed by atoms with Crippen LogP contribution < -0.4 is 10.6 Å². The summed E-state index contributed by atoms with van der Waals surface area (Å²) in [7, 11) is -3.50. The van der Waals surface area contributed by atoms with Crippen LogP contribution in [0, 0.1) is 0 Å². The summed E-state index contributed by atoms with van der Waals surface area (Å²) in [6.45, 7) is 1.92. The summed E-state index contributed by atoms with van der Waals surface area (Å²) in [6.07, 6.45) is 0. The van der Waals surface area contributed by atoms with E-state index in [1.165, 1.54) is 24.3 Å². The zero-order valence-corrected chi connectivity index (χ0v) is 11.4. The van der Waals surface area contributed by atoms with E-state index in [4.69, 9.17) is 4.52 Å². The van der Waals surface area contributed by atoms with E-state index in [-0.39, 0.29) is 28.7 Å². The van der Waals surface area contributed by atoms with Gasteiger partial charge in [-0.15, -0.1) is 0 Å². The number of hydrogen-bond acceptors (Lipinski definition) is 4. The van der Waals surface area contributed by atoms with Crippen molar-refractivity contribution in [1.29, 1.82) is 0 Å². The van der Waals surface area contributed by atoms with Crippen molar-refractivity contribution in [2.45, 2.75) is 6.92 Å². The van der Waals surface area contributed by atoms with Gasteiger partial charge in [-0.05, 0) is 31.2 Å². The first-order chi connectivity index (χ1) is 9.09. The van der Waals surface area contributed by atoms with Crippen molar-refractivity contribution in [2.75, 3.05) is 6.61 Å². The minimum absolute atomic E-state index is 0.109. The Morgan fingerprint density at radius 1 is 0.947 bits per heavy atom. The zero-order valence-electron chi connectivity index (χ0n) is 10.5. The summed E-state index contributed by atoms with van der Waals surface area (Å²) in [4.78, 5) is 0. The van der Waals surface area contributed by atoms with Crippen molar-refractivity contribution in [2.24, 2.45) is 0 Å². The first kappa shape index (κ1) is 13.7. The highest BCUT2D eigenvalue weighted by atomic mass is 31.2. The third-order valence-electron chi connectivity index (χ3n) is 2.71. The molecule has 0 fully saturated rings. The molecule has 4 nitrogen and oxygen atoms in total. The average Bonchev–Trinajstić information content (AvgIpc) is 2.39. The van der Waals surface area contributed by atoms with Crippen molar-refractivity contribution in [3.05, 3.63) is 48.5 Å². The Morgan fingerprint density at radius 2 is 1.37 bits per heavy atom. The van der Waals surface area contributed by atoms with E-state index in [9.17, 15) is 14.8 Å². The molecule has 100 valence electrons. The second kappa shape index (κ2) is 5.47. The molecule has 0 saturated heterocycles.